The Labute approximate surface area is 313 Å². The van der Waals surface area contributed by atoms with Gasteiger partial charge in [-0.05, 0) is 63.0 Å². The molecular weight excluding hydrogens is 657 g/mol. The lowest BCUT2D eigenvalue weighted by molar-refractivity contribution is 1.07. The van der Waals surface area contributed by atoms with Gasteiger partial charge in [-0.2, -0.15) is 0 Å². The first-order valence-corrected chi connectivity index (χ1v) is 18.1. The number of hydrogen-bond acceptors (Lipinski definition) is 4. The van der Waals surface area contributed by atoms with E-state index in [4.69, 9.17) is 19.9 Å². The van der Waals surface area contributed by atoms with Gasteiger partial charge in [0.1, 0.15) is 0 Å². The predicted octanol–water partition coefficient (Wildman–Crippen LogP) is 12.7. The molecular formula is C50H32N4. The maximum atomic E-state index is 5.12. The minimum absolute atomic E-state index is 0.619. The van der Waals surface area contributed by atoms with Crippen molar-refractivity contribution in [3.63, 3.8) is 0 Å². The van der Waals surface area contributed by atoms with E-state index in [9.17, 15) is 0 Å². The van der Waals surface area contributed by atoms with Crippen LogP contribution in [0.2, 0.25) is 0 Å². The van der Waals surface area contributed by atoms with Crippen molar-refractivity contribution in [1.29, 1.82) is 0 Å². The lowest BCUT2D eigenvalue weighted by atomic mass is 9.94. The van der Waals surface area contributed by atoms with Gasteiger partial charge in [0.15, 0.2) is 17.5 Å². The fraction of sp³-hybridized carbons (Fsp3) is 0. The number of benzene rings is 8. The van der Waals surface area contributed by atoms with E-state index in [-0.39, 0.29) is 0 Å². The van der Waals surface area contributed by atoms with Crippen LogP contribution < -0.4 is 0 Å². The largest absolute Gasteiger partial charge is 0.247 e. The second-order valence-electron chi connectivity index (χ2n) is 13.5. The van der Waals surface area contributed by atoms with Crippen LogP contribution in [0.4, 0.5) is 0 Å². The van der Waals surface area contributed by atoms with Crippen molar-refractivity contribution >= 4 is 32.6 Å². The molecule has 2 heterocycles. The molecule has 0 bridgehead atoms. The average Bonchev–Trinajstić information content (AvgIpc) is 3.26. The molecule has 10 rings (SSSR count). The molecule has 0 saturated carbocycles. The summed E-state index contributed by atoms with van der Waals surface area (Å²) >= 11 is 0. The van der Waals surface area contributed by atoms with Gasteiger partial charge in [0.2, 0.25) is 0 Å². The van der Waals surface area contributed by atoms with Gasteiger partial charge >= 0.3 is 0 Å². The molecule has 0 aliphatic heterocycles. The van der Waals surface area contributed by atoms with Gasteiger partial charge in [-0.1, -0.05) is 170 Å². The smallest absolute Gasteiger partial charge is 0.164 e. The monoisotopic (exact) mass is 688 g/mol. The number of pyridine rings is 1. The molecule has 4 nitrogen and oxygen atoms in total. The number of hydrogen-bond donors (Lipinski definition) is 0. The third-order valence-electron chi connectivity index (χ3n) is 10.1. The molecule has 54 heavy (non-hydrogen) atoms. The zero-order chi connectivity index (χ0) is 35.8. The Hall–Kier alpha value is -7.30. The Kier molecular flexibility index (Phi) is 7.77. The average molecular weight is 689 g/mol. The van der Waals surface area contributed by atoms with Crippen LogP contribution in [0.5, 0.6) is 0 Å². The molecule has 252 valence electrons. The summed E-state index contributed by atoms with van der Waals surface area (Å²) in [6, 6.07) is 67.6. The summed E-state index contributed by atoms with van der Waals surface area (Å²) < 4.78 is 0. The Morgan fingerprint density at radius 2 is 0.722 bits per heavy atom. The summed E-state index contributed by atoms with van der Waals surface area (Å²) in [4.78, 5) is 20.4. The third-order valence-corrected chi connectivity index (χ3v) is 10.1. The SMILES string of the molecule is c1ccc(-c2ccc(-c3nc(-c4ccc(-c5ccccc5)cc4)nc(-c4cccc(-c5cc6cc7ccccc7nc6c6ccccc56)c4)n3)cc2)cc1. The van der Waals surface area contributed by atoms with Crippen LogP contribution in [-0.4, -0.2) is 19.9 Å². The molecule has 0 radical (unpaired) electrons. The molecule has 0 atom stereocenters. The highest BCUT2D eigenvalue weighted by Crippen LogP contribution is 2.37. The van der Waals surface area contributed by atoms with Gasteiger partial charge in [0.25, 0.3) is 0 Å². The maximum Gasteiger partial charge on any atom is 0.164 e. The summed E-state index contributed by atoms with van der Waals surface area (Å²) in [5, 5.41) is 4.51. The van der Waals surface area contributed by atoms with Gasteiger partial charge in [-0.15, -0.1) is 0 Å². The van der Waals surface area contributed by atoms with Gasteiger partial charge in [-0.25, -0.2) is 19.9 Å². The molecule has 0 N–H and O–H groups in total. The molecule has 8 aromatic carbocycles. The lowest BCUT2D eigenvalue weighted by Crippen LogP contribution is -2.00. The first-order valence-electron chi connectivity index (χ1n) is 18.1. The third kappa shape index (κ3) is 5.86. The quantitative estimate of drug-likeness (QED) is 0.129. The van der Waals surface area contributed by atoms with E-state index >= 15 is 0 Å². The highest BCUT2D eigenvalue weighted by atomic mass is 15.0. The second-order valence-corrected chi connectivity index (χ2v) is 13.5. The standard InChI is InChI=1S/C50H32N4/c1-3-12-33(13-4-1)35-22-26-37(27-23-35)48-52-49(38-28-24-36(25-29-38)34-14-5-2-6-15-34)54-50(53-48)41-18-11-17-39(30-41)45-32-42-31-40-16-7-10-21-46(40)51-47(42)44-20-9-8-19-43(44)45/h1-32H. The number of para-hydroxylation sites is 1. The minimum Gasteiger partial charge on any atom is -0.247 e. The molecule has 0 amide bonds. The molecule has 10 aromatic rings. The molecule has 0 saturated heterocycles. The predicted molar refractivity (Wildman–Crippen MR) is 223 cm³/mol. The normalized spacial score (nSPS) is 11.3. The van der Waals surface area contributed by atoms with Crippen molar-refractivity contribution in [2.75, 3.05) is 0 Å². The first kappa shape index (κ1) is 31.4. The molecule has 0 fully saturated rings. The summed E-state index contributed by atoms with van der Waals surface area (Å²) in [6.07, 6.45) is 0. The van der Waals surface area contributed by atoms with Gasteiger partial charge in [-0.3, -0.25) is 0 Å². The zero-order valence-electron chi connectivity index (χ0n) is 29.3. The summed E-state index contributed by atoms with van der Waals surface area (Å²) in [7, 11) is 0. The highest BCUT2D eigenvalue weighted by Gasteiger charge is 2.16. The Bertz CT molecular complexity index is 2860. The fourth-order valence-corrected chi connectivity index (χ4v) is 7.33. The molecule has 0 spiro atoms. The van der Waals surface area contributed by atoms with Crippen molar-refractivity contribution in [2.24, 2.45) is 0 Å². The maximum absolute atomic E-state index is 5.12. The molecule has 0 aliphatic carbocycles. The van der Waals surface area contributed by atoms with Crippen LogP contribution in [0.25, 0.3) is 100 Å². The van der Waals surface area contributed by atoms with Crippen molar-refractivity contribution in [1.82, 2.24) is 19.9 Å². The van der Waals surface area contributed by atoms with Gasteiger partial charge in [0, 0.05) is 32.8 Å². The molecule has 4 heteroatoms. The lowest BCUT2D eigenvalue weighted by Gasteiger charge is -2.13. The van der Waals surface area contributed by atoms with E-state index in [0.717, 1.165) is 71.5 Å². The van der Waals surface area contributed by atoms with Crippen molar-refractivity contribution in [2.45, 2.75) is 0 Å². The molecule has 2 aromatic heterocycles. The van der Waals surface area contributed by atoms with E-state index in [1.165, 1.54) is 11.1 Å². The number of aromatic nitrogens is 4. The van der Waals surface area contributed by atoms with E-state index in [1.807, 2.05) is 18.2 Å². The summed E-state index contributed by atoms with van der Waals surface area (Å²) in [5.41, 5.74) is 11.6. The van der Waals surface area contributed by atoms with Crippen molar-refractivity contribution in [3.8, 4) is 67.5 Å². The number of rotatable bonds is 6. The highest BCUT2D eigenvalue weighted by molar-refractivity contribution is 6.14. The number of nitrogens with zero attached hydrogens (tertiary/aromatic N) is 4. The van der Waals surface area contributed by atoms with Gasteiger partial charge in [0.05, 0.1) is 11.0 Å². The second kappa shape index (κ2) is 13.4. The Balaban J connectivity index is 1.11. The van der Waals surface area contributed by atoms with Gasteiger partial charge < -0.3 is 0 Å². The fourth-order valence-electron chi connectivity index (χ4n) is 7.33. The van der Waals surface area contributed by atoms with Crippen molar-refractivity contribution in [3.05, 3.63) is 194 Å². The van der Waals surface area contributed by atoms with Crippen molar-refractivity contribution < 1.29 is 0 Å². The van der Waals surface area contributed by atoms with Crippen LogP contribution in [0, 0.1) is 0 Å². The van der Waals surface area contributed by atoms with Crippen LogP contribution in [-0.2, 0) is 0 Å². The molecule has 0 unspecified atom stereocenters. The molecule has 0 aliphatic rings. The topological polar surface area (TPSA) is 51.6 Å². The summed E-state index contributed by atoms with van der Waals surface area (Å²) in [5.74, 6) is 1.87. The van der Waals surface area contributed by atoms with E-state index in [0.29, 0.717) is 17.5 Å². The van der Waals surface area contributed by atoms with E-state index in [2.05, 4.69) is 176 Å². The van der Waals surface area contributed by atoms with Crippen LogP contribution >= 0.6 is 0 Å². The first-order chi connectivity index (χ1) is 26.7. The van der Waals surface area contributed by atoms with E-state index in [1.54, 1.807) is 0 Å². The minimum atomic E-state index is 0.619. The number of fused-ring (bicyclic) bond motifs is 4. The summed E-state index contributed by atoms with van der Waals surface area (Å²) in [6.45, 7) is 0. The Morgan fingerprint density at radius 1 is 0.259 bits per heavy atom. The van der Waals surface area contributed by atoms with E-state index < -0.39 is 0 Å². The Morgan fingerprint density at radius 3 is 1.35 bits per heavy atom. The van der Waals surface area contributed by atoms with Crippen LogP contribution in [0.1, 0.15) is 0 Å². The zero-order valence-corrected chi connectivity index (χ0v) is 29.3. The van der Waals surface area contributed by atoms with Crippen LogP contribution in [0.15, 0.2) is 194 Å². The van der Waals surface area contributed by atoms with Crippen LogP contribution in [0.3, 0.4) is 0 Å².